The highest BCUT2D eigenvalue weighted by atomic mass is 35.5. The number of Topliss-reactive ketones (excluding diaryl/α,β-unsaturated/α-hetero) is 1. The summed E-state index contributed by atoms with van der Waals surface area (Å²) < 4.78 is 0. The second kappa shape index (κ2) is 11.5. The van der Waals surface area contributed by atoms with E-state index in [0.717, 1.165) is 32.1 Å². The van der Waals surface area contributed by atoms with Crippen molar-refractivity contribution in [2.24, 2.45) is 0 Å². The highest BCUT2D eigenvalue weighted by Crippen LogP contribution is 2.37. The zero-order valence-electron chi connectivity index (χ0n) is 15.2. The first-order valence-electron chi connectivity index (χ1n) is 9.48. The lowest BCUT2D eigenvalue weighted by Gasteiger charge is -2.22. The van der Waals surface area contributed by atoms with Crippen LogP contribution in [0.3, 0.4) is 0 Å². The summed E-state index contributed by atoms with van der Waals surface area (Å²) in [6, 6.07) is 0. The lowest BCUT2D eigenvalue weighted by Crippen LogP contribution is -2.27. The summed E-state index contributed by atoms with van der Waals surface area (Å²) in [5.41, 5.74) is -0.843. The predicted octanol–water partition coefficient (Wildman–Crippen LogP) is 5.14. The second-order valence-corrected chi connectivity index (χ2v) is 7.28. The number of aliphatic hydroxyl groups is 1. The van der Waals surface area contributed by atoms with Crippen LogP contribution in [-0.4, -0.2) is 27.6 Å². The lowest BCUT2D eigenvalue weighted by atomic mass is 9.89. The quantitative estimate of drug-likeness (QED) is 0.348. The van der Waals surface area contributed by atoms with E-state index in [1.54, 1.807) is 6.08 Å². The van der Waals surface area contributed by atoms with Gasteiger partial charge in [-0.3, -0.25) is 9.59 Å². The Hall–Kier alpha value is -1.13. The first kappa shape index (κ1) is 21.9. The number of allylic oxidation sites excluding steroid dienone is 2. The predicted molar refractivity (Wildman–Crippen MR) is 101 cm³/mol. The van der Waals surface area contributed by atoms with Crippen LogP contribution in [-0.2, 0) is 9.59 Å². The topological polar surface area (TPSA) is 74.6 Å². The Bertz CT molecular complexity index is 510. The molecular formula is C20H31ClO4. The van der Waals surface area contributed by atoms with E-state index in [0.29, 0.717) is 24.8 Å². The first-order chi connectivity index (χ1) is 11.9. The van der Waals surface area contributed by atoms with Crippen LogP contribution in [0.5, 0.6) is 0 Å². The molecular weight excluding hydrogens is 340 g/mol. The maximum absolute atomic E-state index is 12.2. The van der Waals surface area contributed by atoms with Crippen LogP contribution in [0.2, 0.25) is 0 Å². The normalized spacial score (nSPS) is 21.8. The van der Waals surface area contributed by atoms with Gasteiger partial charge in [0.1, 0.15) is 5.60 Å². The van der Waals surface area contributed by atoms with E-state index in [9.17, 15) is 14.7 Å². The highest BCUT2D eigenvalue weighted by molar-refractivity contribution is 6.46. The second-order valence-electron chi connectivity index (χ2n) is 6.87. The van der Waals surface area contributed by atoms with Crippen molar-refractivity contribution in [2.75, 3.05) is 0 Å². The Kier molecular flexibility index (Phi) is 10.1. The number of aliphatic carboxylic acids is 1. The molecule has 5 heteroatoms. The third kappa shape index (κ3) is 7.74. The van der Waals surface area contributed by atoms with Crippen LogP contribution in [0.15, 0.2) is 22.8 Å². The zero-order chi connectivity index (χ0) is 18.7. The van der Waals surface area contributed by atoms with E-state index in [-0.39, 0.29) is 17.2 Å². The van der Waals surface area contributed by atoms with Gasteiger partial charge in [0.05, 0.1) is 5.03 Å². The highest BCUT2D eigenvalue weighted by Gasteiger charge is 2.40. The van der Waals surface area contributed by atoms with Gasteiger partial charge >= 0.3 is 5.97 Å². The summed E-state index contributed by atoms with van der Waals surface area (Å²) in [4.78, 5) is 22.7. The summed E-state index contributed by atoms with van der Waals surface area (Å²) in [7, 11) is 0. The number of ketones is 1. The van der Waals surface area contributed by atoms with Crippen molar-refractivity contribution >= 4 is 23.4 Å². The number of carbonyl (C=O) groups is 2. The molecule has 0 aromatic heterocycles. The summed E-state index contributed by atoms with van der Waals surface area (Å²) in [5.74, 6) is -1.06. The van der Waals surface area contributed by atoms with Crippen LogP contribution in [0.4, 0.5) is 0 Å². The summed E-state index contributed by atoms with van der Waals surface area (Å²) in [6.45, 7) is 2.18. The van der Waals surface area contributed by atoms with E-state index in [4.69, 9.17) is 16.7 Å². The van der Waals surface area contributed by atoms with Crippen LogP contribution in [0.25, 0.3) is 0 Å². The zero-order valence-corrected chi connectivity index (χ0v) is 16.0. The number of hydrogen-bond acceptors (Lipinski definition) is 3. The van der Waals surface area contributed by atoms with Crippen molar-refractivity contribution in [2.45, 2.75) is 89.6 Å². The van der Waals surface area contributed by atoms with Crippen molar-refractivity contribution in [3.05, 3.63) is 22.8 Å². The minimum atomic E-state index is -1.24. The number of carboxylic acids is 1. The molecule has 0 bridgehead atoms. The van der Waals surface area contributed by atoms with Crippen molar-refractivity contribution in [3.63, 3.8) is 0 Å². The number of hydrogen-bond donors (Lipinski definition) is 2. The van der Waals surface area contributed by atoms with E-state index >= 15 is 0 Å². The lowest BCUT2D eigenvalue weighted by molar-refractivity contribution is -0.137. The number of carbonyl (C=O) groups excluding carboxylic acids is 1. The fourth-order valence-corrected chi connectivity index (χ4v) is 3.46. The molecule has 0 fully saturated rings. The Balaban J connectivity index is 2.47. The molecule has 0 amide bonds. The van der Waals surface area contributed by atoms with Crippen molar-refractivity contribution in [3.8, 4) is 0 Å². The van der Waals surface area contributed by atoms with Crippen LogP contribution in [0, 0.1) is 0 Å². The molecule has 0 aromatic rings. The average Bonchev–Trinajstić information content (AvgIpc) is 2.76. The molecule has 0 heterocycles. The molecule has 1 unspecified atom stereocenters. The molecule has 4 nitrogen and oxygen atoms in total. The van der Waals surface area contributed by atoms with Crippen molar-refractivity contribution < 1.29 is 19.8 Å². The number of halogens is 1. The standard InChI is InChI=1S/C20H31ClO4/c1-2-3-4-5-8-11-14-20(25)15-17(21)19(24)16(20)12-9-6-7-10-13-18(22)23/h12,15,25H,2-11,13-14H2,1H3,(H,22,23). The smallest absolute Gasteiger partial charge is 0.303 e. The van der Waals surface area contributed by atoms with E-state index in [1.165, 1.54) is 25.3 Å². The molecule has 1 rings (SSSR count). The number of rotatable bonds is 13. The monoisotopic (exact) mass is 370 g/mol. The fourth-order valence-electron chi connectivity index (χ4n) is 3.17. The van der Waals surface area contributed by atoms with Gasteiger partial charge in [-0.15, -0.1) is 0 Å². The molecule has 0 radical (unpaired) electrons. The van der Waals surface area contributed by atoms with Gasteiger partial charge in [-0.2, -0.15) is 0 Å². The third-order valence-corrected chi connectivity index (χ3v) is 4.93. The Labute approximate surface area is 156 Å². The average molecular weight is 371 g/mol. The van der Waals surface area contributed by atoms with Gasteiger partial charge in [-0.1, -0.05) is 63.1 Å². The molecule has 25 heavy (non-hydrogen) atoms. The van der Waals surface area contributed by atoms with Crippen molar-refractivity contribution in [1.82, 2.24) is 0 Å². The van der Waals surface area contributed by atoms with E-state index < -0.39 is 11.6 Å². The summed E-state index contributed by atoms with van der Waals surface area (Å²) in [6.07, 6.45) is 13.6. The molecule has 2 N–H and O–H groups in total. The summed E-state index contributed by atoms with van der Waals surface area (Å²) >= 11 is 5.97. The SMILES string of the molecule is CCCCCCCCC1(O)C=C(Cl)C(=O)C1=CCCCCCC(=O)O. The first-order valence-corrected chi connectivity index (χ1v) is 9.86. The van der Waals surface area contributed by atoms with Gasteiger partial charge in [-0.25, -0.2) is 0 Å². The van der Waals surface area contributed by atoms with Crippen LogP contribution in [0.1, 0.15) is 84.0 Å². The minimum absolute atomic E-state index is 0.102. The van der Waals surface area contributed by atoms with Gasteiger partial charge in [0, 0.05) is 12.0 Å². The molecule has 1 atom stereocenters. The van der Waals surface area contributed by atoms with Gasteiger partial charge in [0.2, 0.25) is 5.78 Å². The third-order valence-electron chi connectivity index (χ3n) is 4.65. The van der Waals surface area contributed by atoms with Gasteiger partial charge in [0.25, 0.3) is 0 Å². The maximum atomic E-state index is 12.2. The number of unbranched alkanes of at least 4 members (excludes halogenated alkanes) is 8. The van der Waals surface area contributed by atoms with Gasteiger partial charge in [0.15, 0.2) is 0 Å². The van der Waals surface area contributed by atoms with Gasteiger partial charge in [-0.05, 0) is 38.2 Å². The molecule has 1 aliphatic carbocycles. The minimum Gasteiger partial charge on any atom is -0.481 e. The molecule has 0 saturated heterocycles. The Morgan fingerprint density at radius 3 is 2.44 bits per heavy atom. The molecule has 0 aliphatic heterocycles. The molecule has 0 saturated carbocycles. The molecule has 0 aromatic carbocycles. The molecule has 142 valence electrons. The van der Waals surface area contributed by atoms with E-state index in [2.05, 4.69) is 6.92 Å². The maximum Gasteiger partial charge on any atom is 0.303 e. The van der Waals surface area contributed by atoms with Crippen molar-refractivity contribution in [1.29, 1.82) is 0 Å². The van der Waals surface area contributed by atoms with E-state index in [1.807, 2.05) is 0 Å². The summed E-state index contributed by atoms with van der Waals surface area (Å²) in [5, 5.41) is 19.6. The Morgan fingerprint density at radius 1 is 1.12 bits per heavy atom. The van der Waals surface area contributed by atoms with Crippen LogP contribution >= 0.6 is 11.6 Å². The largest absolute Gasteiger partial charge is 0.481 e. The molecule has 0 spiro atoms. The fraction of sp³-hybridized carbons (Fsp3) is 0.700. The number of carboxylic acid groups (broad SMARTS) is 1. The Morgan fingerprint density at radius 2 is 1.76 bits per heavy atom. The van der Waals surface area contributed by atoms with Gasteiger partial charge < -0.3 is 10.2 Å². The molecule has 1 aliphatic rings. The van der Waals surface area contributed by atoms with Crippen LogP contribution < -0.4 is 0 Å².